The van der Waals surface area contributed by atoms with Crippen molar-refractivity contribution < 1.29 is 4.74 Å². The molecule has 0 saturated heterocycles. The standard InChI is InChI=1S/C18H17N5O/c19-10-14-2-4-18(21-11-14)24-12-13-1-3-15-16(9-13)23-8-7-20-6-5-17(23)22-15/h1-4,9,11,20H,5-8,12H2. The summed E-state index contributed by atoms with van der Waals surface area (Å²) in [6.45, 7) is 3.32. The summed E-state index contributed by atoms with van der Waals surface area (Å²) < 4.78 is 8.01. The Kier molecular flexibility index (Phi) is 3.85. The van der Waals surface area contributed by atoms with Crippen molar-refractivity contribution in [1.29, 1.82) is 5.26 Å². The molecule has 0 aliphatic carbocycles. The minimum absolute atomic E-state index is 0.438. The quantitative estimate of drug-likeness (QED) is 0.799. The number of nitrogens with one attached hydrogen (secondary N) is 1. The van der Waals surface area contributed by atoms with Crippen molar-refractivity contribution in [1.82, 2.24) is 19.9 Å². The Morgan fingerprint density at radius 1 is 1.25 bits per heavy atom. The number of nitriles is 1. The van der Waals surface area contributed by atoms with Crippen molar-refractivity contribution in [2.24, 2.45) is 0 Å². The van der Waals surface area contributed by atoms with Crippen molar-refractivity contribution in [3.8, 4) is 11.9 Å². The molecule has 0 amide bonds. The smallest absolute Gasteiger partial charge is 0.213 e. The number of rotatable bonds is 3. The van der Waals surface area contributed by atoms with Gasteiger partial charge in [0.2, 0.25) is 5.88 Å². The lowest BCUT2D eigenvalue weighted by atomic mass is 10.2. The number of imidazole rings is 1. The molecule has 0 spiro atoms. The van der Waals surface area contributed by atoms with E-state index in [1.807, 2.05) is 12.1 Å². The van der Waals surface area contributed by atoms with Gasteiger partial charge in [0.25, 0.3) is 0 Å². The van der Waals surface area contributed by atoms with E-state index in [0.717, 1.165) is 48.5 Å². The van der Waals surface area contributed by atoms with Gasteiger partial charge in [-0.05, 0) is 23.8 Å². The number of hydrogen-bond acceptors (Lipinski definition) is 5. The Hall–Kier alpha value is -2.91. The van der Waals surface area contributed by atoms with Crippen molar-refractivity contribution in [3.63, 3.8) is 0 Å². The van der Waals surface area contributed by atoms with Gasteiger partial charge in [0.1, 0.15) is 18.5 Å². The Morgan fingerprint density at radius 3 is 3.04 bits per heavy atom. The zero-order valence-corrected chi connectivity index (χ0v) is 13.2. The fourth-order valence-electron chi connectivity index (χ4n) is 2.95. The molecule has 3 aromatic rings. The normalized spacial score (nSPS) is 14.0. The topological polar surface area (TPSA) is 75.8 Å². The molecule has 0 saturated carbocycles. The number of hydrogen-bond donors (Lipinski definition) is 1. The fourth-order valence-corrected chi connectivity index (χ4v) is 2.95. The highest BCUT2D eigenvalue weighted by atomic mass is 16.5. The number of nitrogens with zero attached hydrogens (tertiary/aromatic N) is 4. The monoisotopic (exact) mass is 319 g/mol. The lowest BCUT2D eigenvalue weighted by Gasteiger charge is -2.07. The molecular formula is C18H17N5O. The Labute approximate surface area is 139 Å². The summed E-state index contributed by atoms with van der Waals surface area (Å²) in [5, 5.41) is 12.2. The van der Waals surface area contributed by atoms with E-state index in [1.165, 1.54) is 6.20 Å². The van der Waals surface area contributed by atoms with Crippen molar-refractivity contribution in [3.05, 3.63) is 53.5 Å². The minimum Gasteiger partial charge on any atom is -0.473 e. The third kappa shape index (κ3) is 2.82. The molecule has 120 valence electrons. The molecule has 1 N–H and O–H groups in total. The van der Waals surface area contributed by atoms with E-state index < -0.39 is 0 Å². The SMILES string of the molecule is N#Cc1ccc(OCc2ccc3nc4n(c3c2)CCNCC4)nc1. The van der Waals surface area contributed by atoms with Gasteiger partial charge < -0.3 is 14.6 Å². The Morgan fingerprint density at radius 2 is 2.21 bits per heavy atom. The molecule has 0 bridgehead atoms. The van der Waals surface area contributed by atoms with Crippen LogP contribution in [0.25, 0.3) is 11.0 Å². The maximum atomic E-state index is 8.79. The third-order valence-electron chi connectivity index (χ3n) is 4.18. The highest BCUT2D eigenvalue weighted by molar-refractivity contribution is 5.77. The first kappa shape index (κ1) is 14.7. The van der Waals surface area contributed by atoms with Crippen LogP contribution in [0, 0.1) is 11.3 Å². The zero-order chi connectivity index (χ0) is 16.4. The second-order valence-electron chi connectivity index (χ2n) is 5.79. The first-order valence-corrected chi connectivity index (χ1v) is 8.01. The van der Waals surface area contributed by atoms with E-state index in [9.17, 15) is 0 Å². The van der Waals surface area contributed by atoms with E-state index >= 15 is 0 Å². The van der Waals surface area contributed by atoms with Crippen LogP contribution in [-0.4, -0.2) is 27.6 Å². The number of pyridine rings is 1. The van der Waals surface area contributed by atoms with Gasteiger partial charge in [-0.25, -0.2) is 9.97 Å². The van der Waals surface area contributed by atoms with E-state index in [1.54, 1.807) is 12.1 Å². The molecule has 0 radical (unpaired) electrons. The van der Waals surface area contributed by atoms with Crippen molar-refractivity contribution in [2.75, 3.05) is 13.1 Å². The van der Waals surface area contributed by atoms with Crippen LogP contribution in [0.2, 0.25) is 0 Å². The van der Waals surface area contributed by atoms with Gasteiger partial charge in [0.05, 0.1) is 16.6 Å². The first-order valence-electron chi connectivity index (χ1n) is 8.01. The summed E-state index contributed by atoms with van der Waals surface area (Å²) in [6.07, 6.45) is 2.47. The third-order valence-corrected chi connectivity index (χ3v) is 4.18. The predicted molar refractivity (Wildman–Crippen MR) is 89.6 cm³/mol. The molecule has 4 rings (SSSR count). The molecule has 3 heterocycles. The van der Waals surface area contributed by atoms with Gasteiger partial charge in [-0.15, -0.1) is 0 Å². The van der Waals surface area contributed by atoms with E-state index in [-0.39, 0.29) is 0 Å². The molecule has 1 aliphatic heterocycles. The number of fused-ring (bicyclic) bond motifs is 3. The second kappa shape index (κ2) is 6.30. The van der Waals surface area contributed by atoms with Gasteiger partial charge in [-0.1, -0.05) is 6.07 Å². The number of ether oxygens (including phenoxy) is 1. The zero-order valence-electron chi connectivity index (χ0n) is 13.2. The van der Waals surface area contributed by atoms with Gasteiger partial charge in [0, 0.05) is 38.3 Å². The lowest BCUT2D eigenvalue weighted by molar-refractivity contribution is 0.294. The largest absolute Gasteiger partial charge is 0.473 e. The Balaban J connectivity index is 1.56. The minimum atomic E-state index is 0.438. The summed E-state index contributed by atoms with van der Waals surface area (Å²) in [7, 11) is 0. The molecule has 0 atom stereocenters. The van der Waals surface area contributed by atoms with Gasteiger partial charge in [-0.2, -0.15) is 5.26 Å². The summed E-state index contributed by atoms with van der Waals surface area (Å²) in [4.78, 5) is 8.86. The van der Waals surface area contributed by atoms with Crippen LogP contribution in [0.4, 0.5) is 0 Å². The molecule has 1 aromatic carbocycles. The highest BCUT2D eigenvalue weighted by Crippen LogP contribution is 2.20. The molecule has 0 fully saturated rings. The average molecular weight is 319 g/mol. The predicted octanol–water partition coefficient (Wildman–Crippen LogP) is 2.03. The van der Waals surface area contributed by atoms with Crippen LogP contribution >= 0.6 is 0 Å². The van der Waals surface area contributed by atoms with Crippen LogP contribution < -0.4 is 10.1 Å². The molecule has 2 aromatic heterocycles. The lowest BCUT2D eigenvalue weighted by Crippen LogP contribution is -2.17. The summed E-state index contributed by atoms with van der Waals surface area (Å²) in [6, 6.07) is 11.7. The first-order chi connectivity index (χ1) is 11.8. The summed E-state index contributed by atoms with van der Waals surface area (Å²) >= 11 is 0. The maximum absolute atomic E-state index is 8.79. The summed E-state index contributed by atoms with van der Waals surface area (Å²) in [5.41, 5.74) is 3.79. The molecule has 24 heavy (non-hydrogen) atoms. The van der Waals surface area contributed by atoms with Crippen LogP contribution in [0.3, 0.4) is 0 Å². The molecule has 6 nitrogen and oxygen atoms in total. The highest BCUT2D eigenvalue weighted by Gasteiger charge is 2.13. The molecule has 1 aliphatic rings. The van der Waals surface area contributed by atoms with E-state index in [0.29, 0.717) is 18.1 Å². The Bertz CT molecular complexity index is 908. The molecule has 6 heteroatoms. The fraction of sp³-hybridized carbons (Fsp3) is 0.278. The van der Waals surface area contributed by atoms with Crippen LogP contribution in [0.15, 0.2) is 36.5 Å². The van der Waals surface area contributed by atoms with Crippen LogP contribution in [0.5, 0.6) is 5.88 Å². The van der Waals surface area contributed by atoms with Crippen molar-refractivity contribution in [2.45, 2.75) is 19.6 Å². The second-order valence-corrected chi connectivity index (χ2v) is 5.79. The maximum Gasteiger partial charge on any atom is 0.213 e. The molecular weight excluding hydrogens is 302 g/mol. The van der Waals surface area contributed by atoms with Crippen molar-refractivity contribution >= 4 is 11.0 Å². The van der Waals surface area contributed by atoms with Gasteiger partial charge in [0.15, 0.2) is 0 Å². The number of benzene rings is 1. The van der Waals surface area contributed by atoms with Gasteiger partial charge in [-0.3, -0.25) is 0 Å². The van der Waals surface area contributed by atoms with Crippen LogP contribution in [-0.2, 0) is 19.6 Å². The van der Waals surface area contributed by atoms with Gasteiger partial charge >= 0.3 is 0 Å². The average Bonchev–Trinajstić information content (AvgIpc) is 2.80. The van der Waals surface area contributed by atoms with E-state index in [4.69, 9.17) is 15.0 Å². The van der Waals surface area contributed by atoms with Crippen LogP contribution in [0.1, 0.15) is 17.0 Å². The summed E-state index contributed by atoms with van der Waals surface area (Å²) in [5.74, 6) is 1.66. The number of aromatic nitrogens is 3. The van der Waals surface area contributed by atoms with E-state index in [2.05, 4.69) is 27.0 Å². The molecule has 0 unspecified atom stereocenters.